The van der Waals surface area contributed by atoms with Crippen LogP contribution < -0.4 is 0 Å². The molecule has 0 radical (unpaired) electrons. The van der Waals surface area contributed by atoms with Crippen LogP contribution >= 0.6 is 0 Å². The molecule has 7 heteroatoms. The summed E-state index contributed by atoms with van der Waals surface area (Å²) in [5.74, 6) is 3.35. The quantitative estimate of drug-likeness (QED) is 0.187. The minimum absolute atomic E-state index is 0.0682. The third-order valence-corrected chi connectivity index (χ3v) is 10.6. The number of rotatable bonds is 8. The lowest BCUT2D eigenvalue weighted by Crippen LogP contribution is -2.62. The first kappa shape index (κ1) is 38.4. The molecule has 0 aliphatic carbocycles. The first-order valence-corrected chi connectivity index (χ1v) is 17.0. The number of nitrogens with zero attached hydrogens (tertiary/aromatic N) is 2. The van der Waals surface area contributed by atoms with E-state index in [2.05, 4.69) is 77.0 Å². The Labute approximate surface area is 285 Å². The highest BCUT2D eigenvalue weighted by Gasteiger charge is 2.49. The smallest absolute Gasteiger partial charge is 0.320 e. The van der Waals surface area contributed by atoms with Gasteiger partial charge >= 0.3 is 11.9 Å². The molecule has 1 aromatic carbocycles. The maximum absolute atomic E-state index is 14.2. The highest BCUT2D eigenvalue weighted by atomic mass is 16.6. The van der Waals surface area contributed by atoms with Gasteiger partial charge in [0.15, 0.2) is 5.92 Å². The van der Waals surface area contributed by atoms with Gasteiger partial charge in [-0.15, -0.1) is 12.8 Å². The Morgan fingerprint density at radius 3 is 1.51 bits per heavy atom. The van der Waals surface area contributed by atoms with E-state index in [1.807, 2.05) is 40.7 Å². The lowest BCUT2D eigenvalue weighted by molar-refractivity contribution is -0.177. The van der Waals surface area contributed by atoms with Gasteiger partial charge in [-0.05, 0) is 103 Å². The molecule has 1 N–H and O–H groups in total. The van der Waals surface area contributed by atoms with Gasteiger partial charge < -0.3 is 14.6 Å². The van der Waals surface area contributed by atoms with Gasteiger partial charge in [0.25, 0.3) is 0 Å². The number of benzene rings is 1. The van der Waals surface area contributed by atoms with Crippen molar-refractivity contribution < 1.29 is 24.2 Å². The second-order valence-electron chi connectivity index (χ2n) is 17.5. The molecule has 0 unspecified atom stereocenters. The second kappa shape index (κ2) is 13.5. The topological polar surface area (TPSA) is 79.3 Å². The van der Waals surface area contributed by atoms with Crippen molar-refractivity contribution in [3.63, 3.8) is 0 Å². The minimum atomic E-state index is -1.20. The molecule has 2 heterocycles. The fraction of sp³-hybridized carbons (Fsp3) is 0.700. The summed E-state index contributed by atoms with van der Waals surface area (Å²) in [5, 5.41) is 11.2. The zero-order chi connectivity index (χ0) is 35.9. The van der Waals surface area contributed by atoms with Crippen molar-refractivity contribution in [2.75, 3.05) is 13.1 Å². The summed E-state index contributed by atoms with van der Waals surface area (Å²) in [6.07, 6.45) is 13.0. The number of esters is 2. The molecule has 0 atom stereocenters. The lowest BCUT2D eigenvalue weighted by Gasteiger charge is -2.54. The van der Waals surface area contributed by atoms with Gasteiger partial charge in [-0.3, -0.25) is 19.4 Å². The summed E-state index contributed by atoms with van der Waals surface area (Å²) in [5.41, 5.74) is 1.59. The second-order valence-corrected chi connectivity index (χ2v) is 17.5. The molecule has 1 aromatic rings. The average molecular weight is 649 g/mol. The highest BCUT2D eigenvalue weighted by molar-refractivity contribution is 5.95. The molecule has 2 aliphatic rings. The van der Waals surface area contributed by atoms with E-state index in [4.69, 9.17) is 22.3 Å². The van der Waals surface area contributed by atoms with E-state index in [1.165, 1.54) is 0 Å². The molecule has 260 valence electrons. The number of piperidine rings is 2. The molecule has 2 aliphatic heterocycles. The number of hydrogen-bond donors (Lipinski definition) is 1. The van der Waals surface area contributed by atoms with Crippen LogP contribution in [0.2, 0.25) is 0 Å². The Morgan fingerprint density at radius 1 is 0.830 bits per heavy atom. The van der Waals surface area contributed by atoms with Gasteiger partial charge in [-0.2, -0.15) is 0 Å². The summed E-state index contributed by atoms with van der Waals surface area (Å²) < 4.78 is 12.5. The predicted octanol–water partition coefficient (Wildman–Crippen LogP) is 6.86. The zero-order valence-electron chi connectivity index (χ0n) is 31.4. The number of ether oxygens (including phenoxy) is 2. The first-order chi connectivity index (χ1) is 21.4. The van der Waals surface area contributed by atoms with Gasteiger partial charge in [-0.1, -0.05) is 38.7 Å². The van der Waals surface area contributed by atoms with Crippen molar-refractivity contribution in [2.45, 2.75) is 162 Å². The predicted molar refractivity (Wildman–Crippen MR) is 189 cm³/mol. The van der Waals surface area contributed by atoms with Gasteiger partial charge in [0.05, 0.1) is 13.1 Å². The first-order valence-electron chi connectivity index (χ1n) is 17.0. The number of phenols is 1. The standard InChI is InChI=1S/C40H60N2O5/c1-16-18-41-37(8,9)22-28(23-38(41,10)11)46-34(44)31(21-30-26(3)20-32(36(5,6)7)33(43)27(30)4)35(45)47-29-24-39(12,13)42(19-17-2)40(14,15)25-29/h1-2,20,28-29,31,43H,18-19,21-25H2,3-15H3. The lowest BCUT2D eigenvalue weighted by atomic mass is 9.78. The minimum Gasteiger partial charge on any atom is -0.507 e. The van der Waals surface area contributed by atoms with Crippen molar-refractivity contribution in [2.24, 2.45) is 5.92 Å². The molecular weight excluding hydrogens is 588 g/mol. The molecule has 0 aromatic heterocycles. The van der Waals surface area contributed by atoms with Crippen molar-refractivity contribution in [1.29, 1.82) is 0 Å². The molecule has 0 bridgehead atoms. The highest BCUT2D eigenvalue weighted by Crippen LogP contribution is 2.42. The van der Waals surface area contributed by atoms with Crippen LogP contribution in [0.25, 0.3) is 0 Å². The Balaban J connectivity index is 1.98. The van der Waals surface area contributed by atoms with Crippen molar-refractivity contribution in [1.82, 2.24) is 9.80 Å². The molecule has 0 amide bonds. The van der Waals surface area contributed by atoms with Gasteiger partial charge in [0.2, 0.25) is 0 Å². The number of carbonyl (C=O) groups excluding carboxylic acids is 2. The van der Waals surface area contributed by atoms with Crippen LogP contribution in [0.5, 0.6) is 5.75 Å². The van der Waals surface area contributed by atoms with Crippen molar-refractivity contribution in [3.05, 3.63) is 28.3 Å². The largest absolute Gasteiger partial charge is 0.507 e. The normalized spacial score (nSPS) is 21.5. The maximum Gasteiger partial charge on any atom is 0.320 e. The van der Waals surface area contributed by atoms with Crippen LogP contribution in [0, 0.1) is 44.5 Å². The van der Waals surface area contributed by atoms with Crippen LogP contribution in [0.3, 0.4) is 0 Å². The molecule has 3 rings (SSSR count). The summed E-state index contributed by atoms with van der Waals surface area (Å²) >= 11 is 0. The molecule has 7 nitrogen and oxygen atoms in total. The monoisotopic (exact) mass is 648 g/mol. The van der Waals surface area contributed by atoms with Crippen LogP contribution in [0.1, 0.15) is 124 Å². The van der Waals surface area contributed by atoms with Gasteiger partial charge in [0.1, 0.15) is 18.0 Å². The zero-order valence-corrected chi connectivity index (χ0v) is 31.4. The Kier molecular flexibility index (Phi) is 11.0. The Morgan fingerprint density at radius 2 is 1.19 bits per heavy atom. The number of aryl methyl sites for hydroxylation is 1. The number of aromatic hydroxyl groups is 1. The van der Waals surface area contributed by atoms with E-state index >= 15 is 0 Å². The maximum atomic E-state index is 14.2. The molecule has 0 saturated carbocycles. The Bertz CT molecular complexity index is 1330. The fourth-order valence-electron chi connectivity index (χ4n) is 8.52. The van der Waals surface area contributed by atoms with E-state index in [-0.39, 0.29) is 39.7 Å². The van der Waals surface area contributed by atoms with Crippen LogP contribution in [-0.2, 0) is 30.9 Å². The van der Waals surface area contributed by atoms with Crippen molar-refractivity contribution >= 4 is 11.9 Å². The molecule has 47 heavy (non-hydrogen) atoms. The SMILES string of the molecule is C#CCN1C(C)(C)CC(OC(=O)C(Cc2c(C)cc(C(C)(C)C)c(O)c2C)C(=O)OC2CC(C)(C)N(CC#C)C(C)(C)C2)CC1(C)C. The summed E-state index contributed by atoms with van der Waals surface area (Å²) in [6.45, 7) is 27.8. The van der Waals surface area contributed by atoms with E-state index in [9.17, 15) is 14.7 Å². The molecule has 0 spiro atoms. The summed E-state index contributed by atoms with van der Waals surface area (Å²) in [4.78, 5) is 32.9. The number of phenolic OH excluding ortho intramolecular Hbond substituents is 1. The van der Waals surface area contributed by atoms with Crippen LogP contribution in [-0.4, -0.2) is 74.3 Å². The third kappa shape index (κ3) is 8.36. The molecule has 2 fully saturated rings. The summed E-state index contributed by atoms with van der Waals surface area (Å²) in [6, 6.07) is 1.96. The van der Waals surface area contributed by atoms with E-state index in [0.717, 1.165) is 16.7 Å². The van der Waals surface area contributed by atoms with Gasteiger partial charge in [0, 0.05) is 47.8 Å². The number of terminal acetylenes is 2. The molecular formula is C40H60N2O5. The third-order valence-electron chi connectivity index (χ3n) is 10.6. The van der Waals surface area contributed by atoms with Gasteiger partial charge in [-0.25, -0.2) is 0 Å². The van der Waals surface area contributed by atoms with Crippen molar-refractivity contribution in [3.8, 4) is 30.4 Å². The Hall–Kier alpha value is -3.00. The number of likely N-dealkylation sites (tertiary alicyclic amines) is 2. The number of hydrogen-bond acceptors (Lipinski definition) is 7. The van der Waals surface area contributed by atoms with Crippen LogP contribution in [0.4, 0.5) is 0 Å². The van der Waals surface area contributed by atoms with E-state index < -0.39 is 30.1 Å². The van der Waals surface area contributed by atoms with E-state index in [1.54, 1.807) is 0 Å². The fourth-order valence-corrected chi connectivity index (χ4v) is 8.52. The molecule has 2 saturated heterocycles. The van der Waals surface area contributed by atoms with E-state index in [0.29, 0.717) is 44.3 Å². The summed E-state index contributed by atoms with van der Waals surface area (Å²) in [7, 11) is 0. The number of carbonyl (C=O) groups is 2. The average Bonchev–Trinajstić information content (AvgIpc) is 2.88. The van der Waals surface area contributed by atoms with Crippen LogP contribution in [0.15, 0.2) is 6.07 Å².